The van der Waals surface area contributed by atoms with E-state index in [1.807, 2.05) is 13.8 Å². The highest BCUT2D eigenvalue weighted by Gasteiger charge is 2.38. The summed E-state index contributed by atoms with van der Waals surface area (Å²) in [6.45, 7) is 4.18. The van der Waals surface area contributed by atoms with Crippen molar-refractivity contribution in [2.24, 2.45) is 11.1 Å². The third-order valence-electron chi connectivity index (χ3n) is 4.21. The number of aromatic carboxylic acids is 1. The second kappa shape index (κ2) is 9.14. The number of aromatic nitrogens is 1. The van der Waals surface area contributed by atoms with Gasteiger partial charge in [-0.05, 0) is 24.0 Å². The minimum atomic E-state index is -1.44. The first-order valence-corrected chi connectivity index (χ1v) is 10.1. The molecule has 0 bridgehead atoms. The van der Waals surface area contributed by atoms with E-state index in [1.165, 1.54) is 6.07 Å². The van der Waals surface area contributed by atoms with E-state index in [-0.39, 0.29) is 40.2 Å². The Balaban J connectivity index is 1.80. The third kappa shape index (κ3) is 4.89. The molecule has 1 unspecified atom stereocenters. The molecule has 0 fully saturated rings. The van der Waals surface area contributed by atoms with Gasteiger partial charge in [0.15, 0.2) is 10.8 Å². The zero-order chi connectivity index (χ0) is 21.8. The molecule has 0 saturated carbocycles. The number of carboxylic acid groups (broad SMARTS) is 1. The van der Waals surface area contributed by atoms with Gasteiger partial charge in [0.05, 0.1) is 11.5 Å². The molecule has 10 nitrogen and oxygen atoms in total. The number of oxime groups is 1. The zero-order valence-electron chi connectivity index (χ0n) is 16.4. The molecule has 1 atom stereocenters. The summed E-state index contributed by atoms with van der Waals surface area (Å²) in [4.78, 5) is 33.6. The van der Waals surface area contributed by atoms with Crippen molar-refractivity contribution in [1.29, 1.82) is 0 Å². The van der Waals surface area contributed by atoms with Crippen LogP contribution in [0.1, 0.15) is 35.5 Å². The van der Waals surface area contributed by atoms with Crippen molar-refractivity contribution >= 4 is 41.2 Å². The lowest BCUT2D eigenvalue weighted by atomic mass is 9.72. The maximum Gasteiger partial charge on any atom is 0.547 e. The number of thiazole rings is 1. The van der Waals surface area contributed by atoms with Crippen LogP contribution in [0.2, 0.25) is 0 Å². The van der Waals surface area contributed by atoms with Crippen molar-refractivity contribution in [3.8, 4) is 5.75 Å². The molecule has 12 heteroatoms. The Hall–Kier alpha value is -3.12. The van der Waals surface area contributed by atoms with E-state index in [0.717, 1.165) is 11.3 Å². The number of carboxylic acids is 1. The summed E-state index contributed by atoms with van der Waals surface area (Å²) < 4.78 is 5.40. The molecule has 0 spiro atoms. The summed E-state index contributed by atoms with van der Waals surface area (Å²) in [6, 6.07) is 4.64. The second-order valence-electron chi connectivity index (χ2n) is 7.09. The van der Waals surface area contributed by atoms with E-state index in [0.29, 0.717) is 12.2 Å². The van der Waals surface area contributed by atoms with E-state index in [4.69, 9.17) is 15.2 Å². The highest BCUT2D eigenvalue weighted by atomic mass is 32.1. The molecule has 158 valence electrons. The van der Waals surface area contributed by atoms with Crippen LogP contribution >= 0.6 is 11.3 Å². The SMILES string of the molecule is CC(C)CON=C(C(=O)NC1Cc2cccc(C(=O)O)c2OB1O)c1csc(N)n1. The minimum Gasteiger partial charge on any atom is -0.534 e. The van der Waals surface area contributed by atoms with Crippen molar-refractivity contribution < 1.29 is 29.2 Å². The molecule has 1 aromatic carbocycles. The molecular weight excluding hydrogens is 411 g/mol. The lowest BCUT2D eigenvalue weighted by molar-refractivity contribution is -0.115. The van der Waals surface area contributed by atoms with Gasteiger partial charge in [-0.15, -0.1) is 11.3 Å². The Morgan fingerprint density at radius 2 is 2.27 bits per heavy atom. The highest BCUT2D eigenvalue weighted by molar-refractivity contribution is 7.13. The maximum atomic E-state index is 12.9. The van der Waals surface area contributed by atoms with Crippen LogP contribution in [0.15, 0.2) is 28.7 Å². The van der Waals surface area contributed by atoms with Gasteiger partial charge in [-0.2, -0.15) is 0 Å². The summed E-state index contributed by atoms with van der Waals surface area (Å²) in [6.07, 6.45) is 0.169. The molecule has 0 radical (unpaired) electrons. The average Bonchev–Trinajstić information content (AvgIpc) is 3.10. The standard InChI is InChI=1S/C18H21BN4O6S/c1-9(2)7-28-23-14(12-8-30-18(20)21-12)16(24)22-13-6-10-4-3-5-11(17(25)26)15(10)29-19(13)27/h3-5,8-9,13,27H,6-7H2,1-2H3,(H2,20,21)(H,22,24)(H,25,26). The van der Waals surface area contributed by atoms with Gasteiger partial charge in [0.1, 0.15) is 18.1 Å². The zero-order valence-corrected chi connectivity index (χ0v) is 17.2. The quantitative estimate of drug-likeness (QED) is 0.286. The van der Waals surface area contributed by atoms with Gasteiger partial charge in [-0.1, -0.05) is 31.1 Å². The Kier molecular flexibility index (Phi) is 6.58. The first kappa shape index (κ1) is 21.6. The lowest BCUT2D eigenvalue weighted by Gasteiger charge is -2.28. The predicted molar refractivity (Wildman–Crippen MR) is 111 cm³/mol. The number of nitrogens with one attached hydrogen (secondary N) is 1. The fourth-order valence-corrected chi connectivity index (χ4v) is 3.35. The number of nitrogens with two attached hydrogens (primary N) is 1. The predicted octanol–water partition coefficient (Wildman–Crippen LogP) is 0.940. The van der Waals surface area contributed by atoms with Gasteiger partial charge in [0.2, 0.25) is 0 Å². The summed E-state index contributed by atoms with van der Waals surface area (Å²) in [5.41, 5.74) is 6.33. The third-order valence-corrected chi connectivity index (χ3v) is 4.88. The van der Waals surface area contributed by atoms with E-state index in [9.17, 15) is 19.7 Å². The summed E-state index contributed by atoms with van der Waals surface area (Å²) in [7, 11) is -1.44. The molecule has 1 aliphatic heterocycles. The van der Waals surface area contributed by atoms with Crippen molar-refractivity contribution in [2.75, 3.05) is 12.3 Å². The molecule has 0 saturated heterocycles. The smallest absolute Gasteiger partial charge is 0.534 e. The number of carbonyl (C=O) groups is 2. The van der Waals surface area contributed by atoms with Crippen LogP contribution in [0.4, 0.5) is 5.13 Å². The van der Waals surface area contributed by atoms with E-state index in [2.05, 4.69) is 15.5 Å². The number of amides is 1. The van der Waals surface area contributed by atoms with Gasteiger partial charge in [-0.25, -0.2) is 9.78 Å². The molecule has 2 aromatic rings. The Morgan fingerprint density at radius 3 is 2.90 bits per heavy atom. The first-order chi connectivity index (χ1) is 14.3. The van der Waals surface area contributed by atoms with Crippen molar-refractivity contribution in [3.63, 3.8) is 0 Å². The Labute approximate surface area is 176 Å². The number of para-hydroxylation sites is 1. The first-order valence-electron chi connectivity index (χ1n) is 9.18. The van der Waals surface area contributed by atoms with Crippen LogP contribution < -0.4 is 15.7 Å². The number of fused-ring (bicyclic) bond motifs is 1. The molecule has 0 aliphatic carbocycles. The van der Waals surface area contributed by atoms with E-state index < -0.39 is 24.9 Å². The van der Waals surface area contributed by atoms with Gasteiger partial charge in [-0.3, -0.25) is 4.79 Å². The van der Waals surface area contributed by atoms with Crippen LogP contribution in [0.3, 0.4) is 0 Å². The number of rotatable bonds is 7. The van der Waals surface area contributed by atoms with Gasteiger partial charge in [0.25, 0.3) is 5.91 Å². The number of carbonyl (C=O) groups excluding carboxylic acids is 1. The average molecular weight is 432 g/mol. The van der Waals surface area contributed by atoms with Gasteiger partial charge >= 0.3 is 13.1 Å². The molecule has 1 aliphatic rings. The fraction of sp³-hybridized carbons (Fsp3) is 0.333. The topological polar surface area (TPSA) is 156 Å². The van der Waals surface area contributed by atoms with Crippen LogP contribution in [0, 0.1) is 5.92 Å². The Bertz CT molecular complexity index is 979. The fourth-order valence-electron chi connectivity index (χ4n) is 2.80. The molecule has 1 aromatic heterocycles. The molecule has 3 rings (SSSR count). The second-order valence-corrected chi connectivity index (χ2v) is 7.98. The number of nitrogen functional groups attached to an aromatic ring is 1. The Morgan fingerprint density at radius 1 is 1.50 bits per heavy atom. The minimum absolute atomic E-state index is 0.0568. The number of nitrogens with zero attached hydrogens (tertiary/aromatic N) is 2. The molecule has 2 heterocycles. The van der Waals surface area contributed by atoms with E-state index in [1.54, 1.807) is 17.5 Å². The van der Waals surface area contributed by atoms with Crippen LogP contribution in [0.25, 0.3) is 0 Å². The normalized spacial score (nSPS) is 16.1. The summed E-state index contributed by atoms with van der Waals surface area (Å²) in [5.74, 6) is -2.34. The highest BCUT2D eigenvalue weighted by Crippen LogP contribution is 2.30. The molecule has 1 amide bonds. The van der Waals surface area contributed by atoms with Crippen molar-refractivity contribution in [3.05, 3.63) is 40.4 Å². The molecule has 5 N–H and O–H groups in total. The molecule has 30 heavy (non-hydrogen) atoms. The number of benzene rings is 1. The summed E-state index contributed by atoms with van der Waals surface area (Å²) >= 11 is 1.15. The number of hydrogen-bond donors (Lipinski definition) is 4. The van der Waals surface area contributed by atoms with Crippen LogP contribution in [-0.4, -0.2) is 52.4 Å². The van der Waals surface area contributed by atoms with Gasteiger partial charge < -0.3 is 30.7 Å². The summed E-state index contributed by atoms with van der Waals surface area (Å²) in [5, 5.41) is 28.0. The monoisotopic (exact) mass is 432 g/mol. The largest absolute Gasteiger partial charge is 0.547 e. The number of hydrogen-bond acceptors (Lipinski definition) is 9. The van der Waals surface area contributed by atoms with Crippen molar-refractivity contribution in [1.82, 2.24) is 10.3 Å². The van der Waals surface area contributed by atoms with Crippen LogP contribution in [-0.2, 0) is 16.1 Å². The van der Waals surface area contributed by atoms with E-state index >= 15 is 0 Å². The van der Waals surface area contributed by atoms with Gasteiger partial charge in [0, 0.05) is 5.38 Å². The number of anilines is 1. The lowest BCUT2D eigenvalue weighted by Crippen LogP contribution is -2.54. The van der Waals surface area contributed by atoms with Crippen LogP contribution in [0.5, 0.6) is 5.75 Å². The molecular formula is C18H21BN4O6S. The van der Waals surface area contributed by atoms with Crippen molar-refractivity contribution in [2.45, 2.75) is 26.2 Å². The maximum absolute atomic E-state index is 12.9.